The van der Waals surface area contributed by atoms with Crippen molar-refractivity contribution >= 4 is 11.7 Å². The summed E-state index contributed by atoms with van der Waals surface area (Å²) in [5.74, 6) is 2.20. The molecule has 0 aliphatic carbocycles. The third-order valence-electron chi connectivity index (χ3n) is 3.66. The molecule has 0 radical (unpaired) electrons. The molecule has 0 fully saturated rings. The third kappa shape index (κ3) is 4.95. The predicted molar refractivity (Wildman–Crippen MR) is 99.8 cm³/mol. The van der Waals surface area contributed by atoms with E-state index in [1.54, 1.807) is 12.1 Å². The SMILES string of the molecule is COc1cc(NC(=O)NCCOc2ccccc2C)cc(OC)c1OC. The van der Waals surface area contributed by atoms with Gasteiger partial charge in [-0.3, -0.25) is 0 Å². The fourth-order valence-electron chi connectivity index (χ4n) is 2.37. The van der Waals surface area contributed by atoms with Gasteiger partial charge >= 0.3 is 6.03 Å². The van der Waals surface area contributed by atoms with Crippen LogP contribution in [0.4, 0.5) is 10.5 Å². The Morgan fingerprint density at radius 3 is 2.19 bits per heavy atom. The van der Waals surface area contributed by atoms with E-state index in [9.17, 15) is 4.79 Å². The molecule has 0 aliphatic rings. The average Bonchev–Trinajstić information content (AvgIpc) is 2.65. The molecule has 26 heavy (non-hydrogen) atoms. The maximum absolute atomic E-state index is 12.1. The molecule has 2 N–H and O–H groups in total. The Labute approximate surface area is 153 Å². The molecule has 0 aliphatic heterocycles. The van der Waals surface area contributed by atoms with Gasteiger partial charge in [0.25, 0.3) is 0 Å². The summed E-state index contributed by atoms with van der Waals surface area (Å²) in [4.78, 5) is 12.1. The molecule has 2 amide bonds. The maximum atomic E-state index is 12.1. The number of carbonyl (C=O) groups is 1. The lowest BCUT2D eigenvalue weighted by molar-refractivity contribution is 0.247. The number of nitrogens with one attached hydrogen (secondary N) is 2. The number of urea groups is 1. The minimum atomic E-state index is -0.354. The van der Waals surface area contributed by atoms with Gasteiger partial charge in [-0.05, 0) is 18.6 Å². The van der Waals surface area contributed by atoms with Crippen molar-refractivity contribution in [1.29, 1.82) is 0 Å². The van der Waals surface area contributed by atoms with E-state index in [-0.39, 0.29) is 6.03 Å². The number of rotatable bonds is 8. The summed E-state index contributed by atoms with van der Waals surface area (Å²) in [7, 11) is 4.56. The topological polar surface area (TPSA) is 78.1 Å². The zero-order valence-corrected chi connectivity index (χ0v) is 15.4. The minimum absolute atomic E-state index is 0.354. The Hall–Kier alpha value is -3.09. The first kappa shape index (κ1) is 19.2. The molecule has 0 unspecified atom stereocenters. The van der Waals surface area contributed by atoms with E-state index >= 15 is 0 Å². The Morgan fingerprint density at radius 2 is 1.62 bits per heavy atom. The number of hydrogen-bond acceptors (Lipinski definition) is 5. The van der Waals surface area contributed by atoms with Gasteiger partial charge in [0.15, 0.2) is 11.5 Å². The summed E-state index contributed by atoms with van der Waals surface area (Å²) in [5.41, 5.74) is 1.58. The van der Waals surface area contributed by atoms with Gasteiger partial charge in [0.1, 0.15) is 12.4 Å². The molecule has 2 aromatic rings. The smallest absolute Gasteiger partial charge is 0.319 e. The summed E-state index contributed by atoms with van der Waals surface area (Å²) in [6.45, 7) is 2.71. The Balaban J connectivity index is 1.88. The van der Waals surface area contributed by atoms with Crippen LogP contribution in [0.15, 0.2) is 36.4 Å². The molecule has 2 rings (SSSR count). The molecule has 140 valence electrons. The summed E-state index contributed by atoms with van der Waals surface area (Å²) in [6.07, 6.45) is 0. The summed E-state index contributed by atoms with van der Waals surface area (Å²) in [5, 5.41) is 5.47. The van der Waals surface area contributed by atoms with Crippen molar-refractivity contribution in [2.24, 2.45) is 0 Å². The van der Waals surface area contributed by atoms with Gasteiger partial charge < -0.3 is 29.6 Å². The van der Waals surface area contributed by atoms with E-state index in [1.165, 1.54) is 21.3 Å². The zero-order chi connectivity index (χ0) is 18.9. The summed E-state index contributed by atoms with van der Waals surface area (Å²) < 4.78 is 21.4. The van der Waals surface area contributed by atoms with Gasteiger partial charge in [-0.25, -0.2) is 4.79 Å². The fourth-order valence-corrected chi connectivity index (χ4v) is 2.37. The standard InChI is InChI=1S/C19H24N2O5/c1-13-7-5-6-8-15(13)26-10-9-20-19(22)21-14-11-16(23-2)18(25-4)17(12-14)24-3/h5-8,11-12H,9-10H2,1-4H3,(H2,20,21,22). The molecular weight excluding hydrogens is 336 g/mol. The highest BCUT2D eigenvalue weighted by Gasteiger charge is 2.14. The Morgan fingerprint density at radius 1 is 0.962 bits per heavy atom. The number of aryl methyl sites for hydroxylation is 1. The molecule has 2 aromatic carbocycles. The Kier molecular flexibility index (Phi) is 6.96. The van der Waals surface area contributed by atoms with E-state index < -0.39 is 0 Å². The van der Waals surface area contributed by atoms with Crippen LogP contribution in [0.1, 0.15) is 5.56 Å². The predicted octanol–water partition coefficient (Wildman–Crippen LogP) is 3.22. The van der Waals surface area contributed by atoms with Crippen LogP contribution in [0.5, 0.6) is 23.0 Å². The maximum Gasteiger partial charge on any atom is 0.319 e. The highest BCUT2D eigenvalue weighted by atomic mass is 16.5. The number of amides is 2. The van der Waals surface area contributed by atoms with Crippen molar-refractivity contribution in [3.8, 4) is 23.0 Å². The summed E-state index contributed by atoms with van der Waals surface area (Å²) >= 11 is 0. The second-order valence-electron chi connectivity index (χ2n) is 5.41. The molecular formula is C19H24N2O5. The molecule has 0 saturated carbocycles. The molecule has 0 saturated heterocycles. The second kappa shape index (κ2) is 9.41. The van der Waals surface area contributed by atoms with Crippen molar-refractivity contribution in [3.05, 3.63) is 42.0 Å². The first-order chi connectivity index (χ1) is 12.6. The molecule has 0 heterocycles. The van der Waals surface area contributed by atoms with Crippen LogP contribution in [-0.2, 0) is 0 Å². The van der Waals surface area contributed by atoms with Crippen LogP contribution in [0.25, 0.3) is 0 Å². The Bertz CT molecular complexity index is 723. The van der Waals surface area contributed by atoms with Crippen LogP contribution in [-0.4, -0.2) is 40.5 Å². The number of carbonyl (C=O) groups excluding carboxylic acids is 1. The molecule has 0 bridgehead atoms. The lowest BCUT2D eigenvalue weighted by Crippen LogP contribution is -2.32. The number of benzene rings is 2. The van der Waals surface area contributed by atoms with Gasteiger partial charge in [-0.1, -0.05) is 18.2 Å². The van der Waals surface area contributed by atoms with Crippen molar-refractivity contribution in [3.63, 3.8) is 0 Å². The van der Waals surface area contributed by atoms with E-state index in [0.29, 0.717) is 36.1 Å². The highest BCUT2D eigenvalue weighted by molar-refractivity contribution is 5.90. The molecule has 0 spiro atoms. The lowest BCUT2D eigenvalue weighted by Gasteiger charge is -2.15. The number of anilines is 1. The number of para-hydroxylation sites is 1. The number of ether oxygens (including phenoxy) is 4. The third-order valence-corrected chi connectivity index (χ3v) is 3.66. The van der Waals surface area contributed by atoms with Crippen molar-refractivity contribution in [1.82, 2.24) is 5.32 Å². The summed E-state index contributed by atoms with van der Waals surface area (Å²) in [6, 6.07) is 10.7. The van der Waals surface area contributed by atoms with Gasteiger partial charge in [-0.2, -0.15) is 0 Å². The van der Waals surface area contributed by atoms with E-state index in [1.807, 2.05) is 31.2 Å². The van der Waals surface area contributed by atoms with Gasteiger partial charge in [-0.15, -0.1) is 0 Å². The number of methoxy groups -OCH3 is 3. The fraction of sp³-hybridized carbons (Fsp3) is 0.316. The largest absolute Gasteiger partial charge is 0.493 e. The van der Waals surface area contributed by atoms with Gasteiger partial charge in [0, 0.05) is 12.1 Å². The van der Waals surface area contributed by atoms with Gasteiger partial charge in [0.2, 0.25) is 5.75 Å². The average molecular weight is 360 g/mol. The zero-order valence-electron chi connectivity index (χ0n) is 15.4. The van der Waals surface area contributed by atoms with Crippen molar-refractivity contribution < 1.29 is 23.7 Å². The molecule has 7 nitrogen and oxygen atoms in total. The lowest BCUT2D eigenvalue weighted by atomic mass is 10.2. The van der Waals surface area contributed by atoms with Crippen molar-refractivity contribution in [2.45, 2.75) is 6.92 Å². The normalized spacial score (nSPS) is 10.0. The van der Waals surface area contributed by atoms with E-state index in [2.05, 4.69) is 10.6 Å². The first-order valence-electron chi connectivity index (χ1n) is 8.12. The highest BCUT2D eigenvalue weighted by Crippen LogP contribution is 2.39. The number of hydrogen-bond donors (Lipinski definition) is 2. The van der Waals surface area contributed by atoms with Gasteiger partial charge in [0.05, 0.1) is 33.6 Å². The second-order valence-corrected chi connectivity index (χ2v) is 5.41. The van der Waals surface area contributed by atoms with Crippen LogP contribution in [0, 0.1) is 6.92 Å². The molecule has 0 atom stereocenters. The minimum Gasteiger partial charge on any atom is -0.493 e. The van der Waals surface area contributed by atoms with Crippen molar-refractivity contribution in [2.75, 3.05) is 39.8 Å². The molecule has 0 aromatic heterocycles. The first-order valence-corrected chi connectivity index (χ1v) is 8.12. The van der Waals surface area contributed by atoms with Crippen LogP contribution < -0.4 is 29.6 Å². The van der Waals surface area contributed by atoms with E-state index in [4.69, 9.17) is 18.9 Å². The molecule has 7 heteroatoms. The van der Waals surface area contributed by atoms with E-state index in [0.717, 1.165) is 11.3 Å². The monoisotopic (exact) mass is 360 g/mol. The quantitative estimate of drug-likeness (QED) is 0.707. The van der Waals surface area contributed by atoms with Crippen LogP contribution in [0.2, 0.25) is 0 Å². The van der Waals surface area contributed by atoms with Crippen LogP contribution >= 0.6 is 0 Å². The van der Waals surface area contributed by atoms with Crippen LogP contribution in [0.3, 0.4) is 0 Å².